The highest BCUT2D eigenvalue weighted by molar-refractivity contribution is 5.88. The molecule has 0 spiro atoms. The molecule has 0 aliphatic rings. The summed E-state index contributed by atoms with van der Waals surface area (Å²) in [6.07, 6.45) is 1.58. The molecule has 0 atom stereocenters. The van der Waals surface area contributed by atoms with E-state index in [1.807, 2.05) is 24.3 Å². The summed E-state index contributed by atoms with van der Waals surface area (Å²) in [6, 6.07) is 7.97. The maximum atomic E-state index is 5.71. The zero-order valence-electron chi connectivity index (χ0n) is 10.3. The fourth-order valence-corrected chi connectivity index (χ4v) is 1.54. The Bertz CT molecular complexity index is 502. The minimum absolute atomic E-state index is 0.0616. The quantitative estimate of drug-likeness (QED) is 0.843. The van der Waals surface area contributed by atoms with E-state index in [0.717, 1.165) is 23.3 Å². The van der Waals surface area contributed by atoms with Gasteiger partial charge in [-0.2, -0.15) is 0 Å². The van der Waals surface area contributed by atoms with Gasteiger partial charge in [0.05, 0.1) is 5.52 Å². The van der Waals surface area contributed by atoms with Crippen molar-refractivity contribution in [2.24, 2.45) is 11.1 Å². The SMILES string of the molecule is CC(C)(CN)CNc1ncnc2ccccc12. The summed E-state index contributed by atoms with van der Waals surface area (Å²) >= 11 is 0. The Morgan fingerprint density at radius 3 is 2.76 bits per heavy atom. The molecule has 2 aromatic rings. The minimum atomic E-state index is 0.0616. The van der Waals surface area contributed by atoms with E-state index in [0.29, 0.717) is 6.54 Å². The first-order valence-electron chi connectivity index (χ1n) is 5.76. The van der Waals surface area contributed by atoms with E-state index in [4.69, 9.17) is 5.73 Å². The summed E-state index contributed by atoms with van der Waals surface area (Å²) in [5, 5.41) is 4.39. The van der Waals surface area contributed by atoms with Crippen LogP contribution in [0.1, 0.15) is 13.8 Å². The largest absolute Gasteiger partial charge is 0.369 e. The van der Waals surface area contributed by atoms with Crippen LogP contribution in [0.4, 0.5) is 5.82 Å². The lowest BCUT2D eigenvalue weighted by molar-refractivity contribution is 0.405. The van der Waals surface area contributed by atoms with Crippen molar-refractivity contribution in [1.29, 1.82) is 0 Å². The summed E-state index contributed by atoms with van der Waals surface area (Å²) in [5.41, 5.74) is 6.73. The molecule has 0 saturated heterocycles. The standard InChI is InChI=1S/C13H18N4/c1-13(2,7-14)8-15-12-10-5-3-4-6-11(10)16-9-17-12/h3-6,9H,7-8,14H2,1-2H3,(H,15,16,17). The number of hydrogen-bond acceptors (Lipinski definition) is 4. The second-order valence-corrected chi connectivity index (χ2v) is 4.96. The Morgan fingerprint density at radius 1 is 1.24 bits per heavy atom. The van der Waals surface area contributed by atoms with E-state index < -0.39 is 0 Å². The van der Waals surface area contributed by atoms with Gasteiger partial charge in [0.1, 0.15) is 12.1 Å². The molecule has 2 rings (SSSR count). The van der Waals surface area contributed by atoms with Gasteiger partial charge in [-0.05, 0) is 24.1 Å². The molecular formula is C13H18N4. The van der Waals surface area contributed by atoms with Gasteiger partial charge in [0.25, 0.3) is 0 Å². The summed E-state index contributed by atoms with van der Waals surface area (Å²) in [6.45, 7) is 5.69. The van der Waals surface area contributed by atoms with Crippen molar-refractivity contribution < 1.29 is 0 Å². The number of nitrogens with two attached hydrogens (primary N) is 1. The lowest BCUT2D eigenvalue weighted by Crippen LogP contribution is -2.31. The van der Waals surface area contributed by atoms with Crippen LogP contribution in [-0.2, 0) is 0 Å². The summed E-state index contributed by atoms with van der Waals surface area (Å²) in [5.74, 6) is 0.872. The topological polar surface area (TPSA) is 63.8 Å². The van der Waals surface area contributed by atoms with Crippen molar-refractivity contribution in [1.82, 2.24) is 9.97 Å². The average Bonchev–Trinajstić information content (AvgIpc) is 2.36. The molecule has 1 aromatic carbocycles. The van der Waals surface area contributed by atoms with Gasteiger partial charge >= 0.3 is 0 Å². The zero-order valence-corrected chi connectivity index (χ0v) is 10.3. The van der Waals surface area contributed by atoms with Crippen LogP contribution in [0.25, 0.3) is 10.9 Å². The third-order valence-electron chi connectivity index (χ3n) is 2.83. The Kier molecular flexibility index (Phi) is 3.24. The molecule has 0 aliphatic heterocycles. The number of rotatable bonds is 4. The number of hydrogen-bond donors (Lipinski definition) is 2. The van der Waals surface area contributed by atoms with Crippen molar-refractivity contribution in [3.63, 3.8) is 0 Å². The Balaban J connectivity index is 2.24. The van der Waals surface area contributed by atoms with Gasteiger partial charge in [0.2, 0.25) is 0 Å². The van der Waals surface area contributed by atoms with Crippen LogP contribution in [0.15, 0.2) is 30.6 Å². The van der Waals surface area contributed by atoms with Crippen molar-refractivity contribution >= 4 is 16.7 Å². The second-order valence-electron chi connectivity index (χ2n) is 4.96. The smallest absolute Gasteiger partial charge is 0.137 e. The highest BCUT2D eigenvalue weighted by atomic mass is 15.0. The van der Waals surface area contributed by atoms with Gasteiger partial charge in [-0.25, -0.2) is 9.97 Å². The molecule has 0 radical (unpaired) electrons. The Hall–Kier alpha value is -1.68. The first-order valence-corrected chi connectivity index (χ1v) is 5.76. The van der Waals surface area contributed by atoms with Crippen LogP contribution in [0.3, 0.4) is 0 Å². The van der Waals surface area contributed by atoms with Gasteiger partial charge < -0.3 is 11.1 Å². The molecule has 1 heterocycles. The van der Waals surface area contributed by atoms with E-state index in [-0.39, 0.29) is 5.41 Å². The van der Waals surface area contributed by atoms with Crippen molar-refractivity contribution in [3.8, 4) is 0 Å². The summed E-state index contributed by atoms with van der Waals surface area (Å²) in [4.78, 5) is 8.51. The van der Waals surface area contributed by atoms with Crippen LogP contribution >= 0.6 is 0 Å². The number of aromatic nitrogens is 2. The molecule has 4 heteroatoms. The Morgan fingerprint density at radius 2 is 2.00 bits per heavy atom. The van der Waals surface area contributed by atoms with E-state index >= 15 is 0 Å². The zero-order chi connectivity index (χ0) is 12.3. The fourth-order valence-electron chi connectivity index (χ4n) is 1.54. The number of nitrogens with zero attached hydrogens (tertiary/aromatic N) is 2. The van der Waals surface area contributed by atoms with E-state index in [1.54, 1.807) is 6.33 Å². The molecule has 0 saturated carbocycles. The lowest BCUT2D eigenvalue weighted by Gasteiger charge is -2.23. The molecule has 0 bridgehead atoms. The van der Waals surface area contributed by atoms with E-state index in [9.17, 15) is 0 Å². The van der Waals surface area contributed by atoms with Gasteiger partial charge in [-0.3, -0.25) is 0 Å². The van der Waals surface area contributed by atoms with Crippen LogP contribution in [0.2, 0.25) is 0 Å². The summed E-state index contributed by atoms with van der Waals surface area (Å²) in [7, 11) is 0. The van der Waals surface area contributed by atoms with Crippen molar-refractivity contribution in [3.05, 3.63) is 30.6 Å². The van der Waals surface area contributed by atoms with Crippen molar-refractivity contribution in [2.75, 3.05) is 18.4 Å². The van der Waals surface area contributed by atoms with Crippen LogP contribution in [-0.4, -0.2) is 23.1 Å². The molecule has 0 unspecified atom stereocenters. The van der Waals surface area contributed by atoms with E-state index in [1.165, 1.54) is 0 Å². The number of para-hydroxylation sites is 1. The highest BCUT2D eigenvalue weighted by Crippen LogP contribution is 2.20. The maximum absolute atomic E-state index is 5.71. The monoisotopic (exact) mass is 230 g/mol. The molecule has 17 heavy (non-hydrogen) atoms. The molecule has 4 nitrogen and oxygen atoms in total. The van der Waals surface area contributed by atoms with Crippen LogP contribution in [0.5, 0.6) is 0 Å². The number of nitrogens with one attached hydrogen (secondary N) is 1. The molecule has 90 valence electrons. The van der Waals surface area contributed by atoms with Gasteiger partial charge in [-0.15, -0.1) is 0 Å². The molecule has 0 amide bonds. The molecular weight excluding hydrogens is 212 g/mol. The lowest BCUT2D eigenvalue weighted by atomic mass is 9.94. The Labute approximate surface area is 101 Å². The third kappa shape index (κ3) is 2.71. The average molecular weight is 230 g/mol. The number of fused-ring (bicyclic) bond motifs is 1. The van der Waals surface area contributed by atoms with Gasteiger partial charge in [0.15, 0.2) is 0 Å². The maximum Gasteiger partial charge on any atom is 0.137 e. The third-order valence-corrected chi connectivity index (χ3v) is 2.83. The molecule has 0 aliphatic carbocycles. The minimum Gasteiger partial charge on any atom is -0.369 e. The first kappa shape index (κ1) is 11.8. The normalized spacial score (nSPS) is 11.7. The van der Waals surface area contributed by atoms with E-state index in [2.05, 4.69) is 29.1 Å². The molecule has 1 aromatic heterocycles. The highest BCUT2D eigenvalue weighted by Gasteiger charge is 2.15. The second kappa shape index (κ2) is 4.67. The van der Waals surface area contributed by atoms with Crippen LogP contribution < -0.4 is 11.1 Å². The first-order chi connectivity index (χ1) is 8.12. The predicted octanol–water partition coefficient (Wildman–Crippen LogP) is 2.03. The van der Waals surface area contributed by atoms with Gasteiger partial charge in [0, 0.05) is 11.9 Å². The van der Waals surface area contributed by atoms with Crippen LogP contribution in [0, 0.1) is 5.41 Å². The van der Waals surface area contributed by atoms with Gasteiger partial charge in [-0.1, -0.05) is 26.0 Å². The summed E-state index contributed by atoms with van der Waals surface area (Å²) < 4.78 is 0. The molecule has 3 N–H and O–H groups in total. The fraction of sp³-hybridized carbons (Fsp3) is 0.385. The predicted molar refractivity (Wildman–Crippen MR) is 70.9 cm³/mol. The number of benzene rings is 1. The number of anilines is 1. The van der Waals surface area contributed by atoms with Crippen molar-refractivity contribution in [2.45, 2.75) is 13.8 Å². The molecule has 0 fully saturated rings.